The molecule has 2 aliphatic rings. The van der Waals surface area contributed by atoms with Crippen LogP contribution in [0.15, 0.2) is 18.2 Å². The summed E-state index contributed by atoms with van der Waals surface area (Å²) in [5.41, 5.74) is 5.21. The van der Waals surface area contributed by atoms with Crippen LogP contribution in [-0.4, -0.2) is 48.2 Å². The van der Waals surface area contributed by atoms with Crippen LogP contribution >= 0.6 is 0 Å². The molecule has 7 nitrogen and oxygen atoms in total. The van der Waals surface area contributed by atoms with Crippen LogP contribution in [-0.2, 0) is 17.6 Å². The summed E-state index contributed by atoms with van der Waals surface area (Å²) in [7, 11) is 3.10. The molecule has 30 heavy (non-hydrogen) atoms. The number of methoxy groups -OCH3 is 2. The van der Waals surface area contributed by atoms with Crippen molar-refractivity contribution in [1.82, 2.24) is 5.32 Å². The lowest BCUT2D eigenvalue weighted by Gasteiger charge is -2.35. The summed E-state index contributed by atoms with van der Waals surface area (Å²) in [6, 6.07) is 5.56. The number of aromatic hydroxyl groups is 2. The molecule has 4 N–H and O–H groups in total. The van der Waals surface area contributed by atoms with E-state index >= 15 is 0 Å². The van der Waals surface area contributed by atoms with Gasteiger partial charge in [0, 0.05) is 11.6 Å². The minimum Gasteiger partial charge on any atom is -0.504 e. The number of rotatable bonds is 2. The summed E-state index contributed by atoms with van der Waals surface area (Å²) in [5.74, 6) is -1.57. The summed E-state index contributed by atoms with van der Waals surface area (Å²) in [6.45, 7) is 0.875. The molecule has 10 heteroatoms. The van der Waals surface area contributed by atoms with Gasteiger partial charge in [0.05, 0.1) is 14.2 Å². The van der Waals surface area contributed by atoms with Crippen LogP contribution in [0.3, 0.4) is 0 Å². The number of halogens is 3. The van der Waals surface area contributed by atoms with E-state index in [1.165, 1.54) is 12.7 Å². The second-order valence-corrected chi connectivity index (χ2v) is 6.82. The van der Waals surface area contributed by atoms with Crippen LogP contribution in [0.2, 0.25) is 0 Å². The van der Waals surface area contributed by atoms with E-state index in [4.69, 9.17) is 19.4 Å². The number of hydrogen-bond acceptors (Lipinski definition) is 6. The van der Waals surface area contributed by atoms with E-state index in [1.807, 2.05) is 12.1 Å². The normalized spacial score (nSPS) is 16.5. The van der Waals surface area contributed by atoms with Crippen molar-refractivity contribution < 1.29 is 42.8 Å². The second kappa shape index (κ2) is 7.94. The first kappa shape index (κ1) is 21.6. The lowest BCUT2D eigenvalue weighted by molar-refractivity contribution is -0.192. The van der Waals surface area contributed by atoms with E-state index in [0.29, 0.717) is 11.5 Å². The Bertz CT molecular complexity index is 990. The summed E-state index contributed by atoms with van der Waals surface area (Å²) in [6.07, 6.45) is -3.41. The quantitative estimate of drug-likeness (QED) is 0.583. The zero-order chi connectivity index (χ0) is 22.2. The third kappa shape index (κ3) is 3.82. The number of aliphatic carboxylic acids is 1. The van der Waals surface area contributed by atoms with Crippen molar-refractivity contribution in [2.75, 3.05) is 20.8 Å². The van der Waals surface area contributed by atoms with Crippen LogP contribution in [0.1, 0.15) is 22.7 Å². The number of phenolic OH excluding ortho intramolecular Hbond substituents is 2. The Labute approximate surface area is 169 Å². The van der Waals surface area contributed by atoms with Crippen molar-refractivity contribution in [3.05, 3.63) is 34.9 Å². The Balaban J connectivity index is 0.000000318. The summed E-state index contributed by atoms with van der Waals surface area (Å²) in [4.78, 5) is 8.90. The third-order valence-electron chi connectivity index (χ3n) is 5.06. The highest BCUT2D eigenvalue weighted by molar-refractivity contribution is 5.84. The first-order chi connectivity index (χ1) is 14.1. The van der Waals surface area contributed by atoms with Gasteiger partial charge >= 0.3 is 12.1 Å². The highest BCUT2D eigenvalue weighted by Crippen LogP contribution is 2.52. The fourth-order valence-electron chi connectivity index (χ4n) is 3.85. The largest absolute Gasteiger partial charge is 0.504 e. The number of carboxylic acids is 1. The fourth-order valence-corrected chi connectivity index (χ4v) is 3.85. The van der Waals surface area contributed by atoms with Gasteiger partial charge in [-0.2, -0.15) is 13.2 Å². The van der Waals surface area contributed by atoms with Crippen LogP contribution in [0.5, 0.6) is 23.0 Å². The molecule has 0 amide bonds. The molecular formula is C20H20F3NO6. The number of alkyl halides is 3. The molecular weight excluding hydrogens is 407 g/mol. The maximum absolute atomic E-state index is 10.6. The molecule has 1 aliphatic heterocycles. The minimum atomic E-state index is -5.08. The van der Waals surface area contributed by atoms with Gasteiger partial charge in [-0.25, -0.2) is 4.79 Å². The number of nitrogens with one attached hydrogen (secondary N) is 1. The average molecular weight is 427 g/mol. The Morgan fingerprint density at radius 3 is 2.30 bits per heavy atom. The van der Waals surface area contributed by atoms with E-state index in [2.05, 4.69) is 5.32 Å². The number of benzene rings is 2. The van der Waals surface area contributed by atoms with E-state index in [9.17, 15) is 23.4 Å². The topological polar surface area (TPSA) is 108 Å². The van der Waals surface area contributed by atoms with Gasteiger partial charge in [-0.05, 0) is 59.8 Å². The first-order valence-corrected chi connectivity index (χ1v) is 8.94. The molecule has 1 atom stereocenters. The van der Waals surface area contributed by atoms with Crippen molar-refractivity contribution in [2.24, 2.45) is 0 Å². The molecule has 0 bridgehead atoms. The van der Waals surface area contributed by atoms with Crippen LogP contribution < -0.4 is 14.8 Å². The van der Waals surface area contributed by atoms with Crippen molar-refractivity contribution in [3.8, 4) is 34.1 Å². The van der Waals surface area contributed by atoms with E-state index in [0.717, 1.165) is 41.6 Å². The zero-order valence-electron chi connectivity index (χ0n) is 16.1. The molecule has 0 aromatic heterocycles. The van der Waals surface area contributed by atoms with Crippen LogP contribution in [0.25, 0.3) is 11.1 Å². The molecule has 0 saturated heterocycles. The number of phenols is 2. The maximum atomic E-state index is 10.6. The smallest absolute Gasteiger partial charge is 0.490 e. The molecule has 0 radical (unpaired) electrons. The Hall–Kier alpha value is -3.14. The Kier molecular flexibility index (Phi) is 5.71. The molecule has 2 aromatic carbocycles. The first-order valence-electron chi connectivity index (χ1n) is 8.94. The molecule has 1 aliphatic carbocycles. The Morgan fingerprint density at radius 2 is 1.73 bits per heavy atom. The van der Waals surface area contributed by atoms with Gasteiger partial charge in [0.2, 0.25) is 0 Å². The van der Waals surface area contributed by atoms with Gasteiger partial charge in [-0.1, -0.05) is 0 Å². The molecule has 4 rings (SSSR count). The van der Waals surface area contributed by atoms with E-state index in [-0.39, 0.29) is 17.5 Å². The van der Waals surface area contributed by atoms with Gasteiger partial charge in [0.25, 0.3) is 0 Å². The third-order valence-corrected chi connectivity index (χ3v) is 5.06. The van der Waals surface area contributed by atoms with Gasteiger partial charge in [-0.15, -0.1) is 0 Å². The Morgan fingerprint density at radius 1 is 1.10 bits per heavy atom. The number of fused-ring (bicyclic) bond motifs is 2. The van der Waals surface area contributed by atoms with Gasteiger partial charge in [0.1, 0.15) is 0 Å². The highest BCUT2D eigenvalue weighted by atomic mass is 19.4. The predicted octanol–water partition coefficient (Wildman–Crippen LogP) is 3.16. The molecule has 0 saturated carbocycles. The van der Waals surface area contributed by atoms with Gasteiger partial charge < -0.3 is 30.1 Å². The lowest BCUT2D eigenvalue weighted by Crippen LogP contribution is -2.33. The number of ether oxygens (including phenoxy) is 2. The molecule has 162 valence electrons. The summed E-state index contributed by atoms with van der Waals surface area (Å²) >= 11 is 0. The van der Waals surface area contributed by atoms with Crippen LogP contribution in [0.4, 0.5) is 13.2 Å². The molecule has 0 spiro atoms. The standard InChI is InChI=1S/C18H19NO4.C2HF3O2/c1-22-15-8-11-10(7-13(15)20)5-12-16-9(3-4-19-12)6-14(21)18(23-2)17(11)16;3-2(4,5)1(6)7/h6-8,12,19-21H,3-5H2,1-2H3;(H,6,7)/t12-;/m0./s1. The lowest BCUT2D eigenvalue weighted by atomic mass is 9.77. The number of carbonyl (C=O) groups is 1. The van der Waals surface area contributed by atoms with Crippen LogP contribution in [0, 0.1) is 0 Å². The molecule has 0 fully saturated rings. The average Bonchev–Trinajstić information content (AvgIpc) is 2.67. The summed E-state index contributed by atoms with van der Waals surface area (Å²) in [5, 5.41) is 31.1. The monoisotopic (exact) mass is 427 g/mol. The van der Waals surface area contributed by atoms with E-state index in [1.54, 1.807) is 13.2 Å². The van der Waals surface area contributed by atoms with Gasteiger partial charge in [-0.3, -0.25) is 0 Å². The van der Waals surface area contributed by atoms with Crippen molar-refractivity contribution in [2.45, 2.75) is 25.1 Å². The van der Waals surface area contributed by atoms with Gasteiger partial charge in [0.15, 0.2) is 23.0 Å². The van der Waals surface area contributed by atoms with Crippen molar-refractivity contribution in [3.63, 3.8) is 0 Å². The highest BCUT2D eigenvalue weighted by Gasteiger charge is 2.38. The zero-order valence-corrected chi connectivity index (χ0v) is 16.1. The minimum absolute atomic E-state index is 0.129. The van der Waals surface area contributed by atoms with Crippen molar-refractivity contribution in [1.29, 1.82) is 0 Å². The molecule has 0 unspecified atom stereocenters. The number of hydrogen-bond donors (Lipinski definition) is 4. The maximum Gasteiger partial charge on any atom is 0.490 e. The van der Waals surface area contributed by atoms with E-state index < -0.39 is 12.1 Å². The fraction of sp³-hybridized carbons (Fsp3) is 0.350. The molecule has 2 aromatic rings. The predicted molar refractivity (Wildman–Crippen MR) is 100 cm³/mol. The van der Waals surface area contributed by atoms with Crippen molar-refractivity contribution >= 4 is 5.97 Å². The second-order valence-electron chi connectivity index (χ2n) is 6.82. The number of carboxylic acid groups (broad SMARTS) is 1. The summed E-state index contributed by atoms with van der Waals surface area (Å²) < 4.78 is 42.5. The molecule has 1 heterocycles. The SMILES string of the molecule is COc1cc2c(cc1O)C[C@@H]1NCCc3cc(O)c(OC)c-2c31.O=C(O)C(F)(F)F.